The molecule has 0 aromatic heterocycles. The van der Waals surface area contributed by atoms with Gasteiger partial charge in [-0.05, 0) is 43.4 Å². The lowest BCUT2D eigenvalue weighted by atomic mass is 9.63. The molecule has 0 spiro atoms. The highest BCUT2D eigenvalue weighted by molar-refractivity contribution is 9.10. The summed E-state index contributed by atoms with van der Waals surface area (Å²) in [4.78, 5) is 12.2. The monoisotopic (exact) mass is 320 g/mol. The number of nitrogens with one attached hydrogen (secondary N) is 1. The van der Waals surface area contributed by atoms with Gasteiger partial charge in [0, 0.05) is 4.47 Å². The SMILES string of the molecule is CC1CC(C#N)(C(=O)NC(C)c2cccc(Br)c2)C1. The van der Waals surface area contributed by atoms with E-state index in [1.807, 2.05) is 31.2 Å². The molecule has 0 radical (unpaired) electrons. The van der Waals surface area contributed by atoms with Crippen molar-refractivity contribution in [2.75, 3.05) is 0 Å². The van der Waals surface area contributed by atoms with Crippen molar-refractivity contribution in [3.05, 3.63) is 34.3 Å². The summed E-state index contributed by atoms with van der Waals surface area (Å²) in [5.74, 6) is 0.326. The molecule has 19 heavy (non-hydrogen) atoms. The van der Waals surface area contributed by atoms with Gasteiger partial charge in [-0.3, -0.25) is 4.79 Å². The summed E-state index contributed by atoms with van der Waals surface area (Å²) in [6, 6.07) is 9.94. The third-order valence-electron chi connectivity index (χ3n) is 3.74. The molecule has 0 bridgehead atoms. The van der Waals surface area contributed by atoms with Crippen LogP contribution < -0.4 is 5.32 Å². The molecule has 0 saturated heterocycles. The molecule has 0 heterocycles. The summed E-state index contributed by atoms with van der Waals surface area (Å²) in [5, 5.41) is 12.2. The van der Waals surface area contributed by atoms with Crippen molar-refractivity contribution >= 4 is 21.8 Å². The molecule has 4 heteroatoms. The predicted molar refractivity (Wildman–Crippen MR) is 77.1 cm³/mol. The summed E-state index contributed by atoms with van der Waals surface area (Å²) in [6.45, 7) is 4.01. The van der Waals surface area contributed by atoms with Crippen molar-refractivity contribution in [3.8, 4) is 6.07 Å². The van der Waals surface area contributed by atoms with Crippen LogP contribution in [0.3, 0.4) is 0 Å². The number of benzene rings is 1. The first kappa shape index (κ1) is 14.1. The summed E-state index contributed by atoms with van der Waals surface area (Å²) in [7, 11) is 0. The van der Waals surface area contributed by atoms with Crippen molar-refractivity contribution in [2.24, 2.45) is 11.3 Å². The maximum atomic E-state index is 12.2. The van der Waals surface area contributed by atoms with E-state index in [1.54, 1.807) is 0 Å². The smallest absolute Gasteiger partial charge is 0.240 e. The van der Waals surface area contributed by atoms with Gasteiger partial charge in [-0.15, -0.1) is 0 Å². The largest absolute Gasteiger partial charge is 0.348 e. The lowest BCUT2D eigenvalue weighted by Crippen LogP contribution is -2.48. The first-order valence-electron chi connectivity index (χ1n) is 6.44. The Balaban J connectivity index is 2.05. The van der Waals surface area contributed by atoms with Crippen LogP contribution in [0.15, 0.2) is 28.7 Å². The Morgan fingerprint density at radius 1 is 1.58 bits per heavy atom. The van der Waals surface area contributed by atoms with E-state index >= 15 is 0 Å². The van der Waals surface area contributed by atoms with E-state index in [9.17, 15) is 10.1 Å². The topological polar surface area (TPSA) is 52.9 Å². The number of hydrogen-bond acceptors (Lipinski definition) is 2. The van der Waals surface area contributed by atoms with Gasteiger partial charge in [-0.25, -0.2) is 0 Å². The van der Waals surface area contributed by atoms with Gasteiger partial charge >= 0.3 is 0 Å². The number of amides is 1. The van der Waals surface area contributed by atoms with Gasteiger partial charge < -0.3 is 5.32 Å². The van der Waals surface area contributed by atoms with Crippen LogP contribution in [-0.2, 0) is 4.79 Å². The number of rotatable bonds is 3. The minimum atomic E-state index is -0.806. The van der Waals surface area contributed by atoms with Crippen LogP contribution in [0.25, 0.3) is 0 Å². The van der Waals surface area contributed by atoms with Gasteiger partial charge in [0.2, 0.25) is 5.91 Å². The summed E-state index contributed by atoms with van der Waals surface area (Å²) < 4.78 is 0.985. The second kappa shape index (κ2) is 5.34. The average molecular weight is 321 g/mol. The molecule has 2 rings (SSSR count). The second-order valence-corrected chi connectivity index (χ2v) is 6.37. The molecular formula is C15H17BrN2O. The van der Waals surface area contributed by atoms with Gasteiger partial charge in [0.15, 0.2) is 0 Å². The van der Waals surface area contributed by atoms with E-state index < -0.39 is 5.41 Å². The first-order chi connectivity index (χ1) is 8.97. The Bertz CT molecular complexity index is 529. The molecule has 1 amide bonds. The Morgan fingerprint density at radius 2 is 2.26 bits per heavy atom. The van der Waals surface area contributed by atoms with Gasteiger partial charge in [-0.1, -0.05) is 35.0 Å². The highest BCUT2D eigenvalue weighted by Gasteiger charge is 2.49. The van der Waals surface area contributed by atoms with Gasteiger partial charge in [0.1, 0.15) is 5.41 Å². The van der Waals surface area contributed by atoms with Crippen molar-refractivity contribution < 1.29 is 4.79 Å². The highest BCUT2D eigenvalue weighted by atomic mass is 79.9. The van der Waals surface area contributed by atoms with Crippen molar-refractivity contribution in [2.45, 2.75) is 32.7 Å². The first-order valence-corrected chi connectivity index (χ1v) is 7.24. The maximum Gasteiger partial charge on any atom is 0.240 e. The van der Waals surface area contributed by atoms with E-state index in [0.717, 1.165) is 10.0 Å². The van der Waals surface area contributed by atoms with Gasteiger partial charge in [0.05, 0.1) is 12.1 Å². The molecule has 1 N–H and O–H groups in total. The van der Waals surface area contributed by atoms with Crippen LogP contribution in [-0.4, -0.2) is 5.91 Å². The minimum absolute atomic E-state index is 0.0915. The lowest BCUT2D eigenvalue weighted by molar-refractivity contribution is -0.134. The summed E-state index contributed by atoms with van der Waals surface area (Å²) in [6.07, 6.45) is 1.33. The standard InChI is InChI=1S/C15H17BrN2O/c1-10-7-15(8-10,9-17)14(19)18-11(2)12-4-3-5-13(16)6-12/h3-6,10-11H,7-8H2,1-2H3,(H,18,19). The third kappa shape index (κ3) is 2.82. The fraction of sp³-hybridized carbons (Fsp3) is 0.467. The van der Waals surface area contributed by atoms with Crippen LogP contribution in [0.4, 0.5) is 0 Å². The van der Waals surface area contributed by atoms with Gasteiger partial charge in [-0.2, -0.15) is 5.26 Å². The van der Waals surface area contributed by atoms with Crippen LogP contribution in [0.1, 0.15) is 38.3 Å². The Kier molecular flexibility index (Phi) is 3.96. The van der Waals surface area contributed by atoms with Crippen LogP contribution in [0.2, 0.25) is 0 Å². The zero-order valence-corrected chi connectivity index (χ0v) is 12.7. The third-order valence-corrected chi connectivity index (χ3v) is 4.23. The fourth-order valence-electron chi connectivity index (χ4n) is 2.65. The molecule has 1 aliphatic rings. The van der Waals surface area contributed by atoms with Crippen molar-refractivity contribution in [1.82, 2.24) is 5.32 Å². The molecule has 1 saturated carbocycles. The van der Waals surface area contributed by atoms with Crippen molar-refractivity contribution in [1.29, 1.82) is 5.26 Å². The number of nitriles is 1. The summed E-state index contributed by atoms with van der Waals surface area (Å²) in [5.41, 5.74) is 0.225. The van der Waals surface area contributed by atoms with Gasteiger partial charge in [0.25, 0.3) is 0 Å². The van der Waals surface area contributed by atoms with E-state index in [1.165, 1.54) is 0 Å². The van der Waals surface area contributed by atoms with E-state index in [2.05, 4.69) is 34.2 Å². The van der Waals surface area contributed by atoms with Crippen LogP contribution in [0.5, 0.6) is 0 Å². The molecule has 100 valence electrons. The average Bonchev–Trinajstić information content (AvgIpc) is 2.34. The molecule has 1 aliphatic carbocycles. The Morgan fingerprint density at radius 3 is 2.79 bits per heavy atom. The zero-order chi connectivity index (χ0) is 14.0. The fourth-order valence-corrected chi connectivity index (χ4v) is 3.07. The second-order valence-electron chi connectivity index (χ2n) is 5.46. The normalized spacial score (nSPS) is 26.9. The van der Waals surface area contributed by atoms with Crippen molar-refractivity contribution in [3.63, 3.8) is 0 Å². The van der Waals surface area contributed by atoms with E-state index in [0.29, 0.717) is 18.8 Å². The minimum Gasteiger partial charge on any atom is -0.348 e. The Hall–Kier alpha value is -1.34. The molecule has 1 unspecified atom stereocenters. The number of carbonyl (C=O) groups is 1. The predicted octanol–water partition coefficient (Wildman–Crippen LogP) is 3.57. The quantitative estimate of drug-likeness (QED) is 0.925. The van der Waals surface area contributed by atoms with Crippen LogP contribution in [0, 0.1) is 22.7 Å². The highest BCUT2D eigenvalue weighted by Crippen LogP contribution is 2.45. The molecule has 1 aromatic carbocycles. The molecule has 1 fully saturated rings. The Labute approximate surface area is 122 Å². The summed E-state index contributed by atoms with van der Waals surface area (Å²) >= 11 is 3.42. The molecule has 3 nitrogen and oxygen atoms in total. The van der Waals surface area contributed by atoms with E-state index in [4.69, 9.17) is 0 Å². The number of nitrogens with zero attached hydrogens (tertiary/aromatic N) is 1. The van der Waals surface area contributed by atoms with Crippen LogP contribution >= 0.6 is 15.9 Å². The maximum absolute atomic E-state index is 12.2. The molecule has 0 aliphatic heterocycles. The molecule has 1 aromatic rings. The molecule has 1 atom stereocenters. The number of halogens is 1. The van der Waals surface area contributed by atoms with E-state index in [-0.39, 0.29) is 11.9 Å². The zero-order valence-electron chi connectivity index (χ0n) is 11.1. The molecular weight excluding hydrogens is 304 g/mol. The number of carbonyl (C=O) groups excluding carboxylic acids is 1. The number of hydrogen-bond donors (Lipinski definition) is 1. The lowest BCUT2D eigenvalue weighted by Gasteiger charge is -2.39.